The van der Waals surface area contributed by atoms with Crippen molar-refractivity contribution in [2.75, 3.05) is 34.1 Å². The van der Waals surface area contributed by atoms with Crippen molar-refractivity contribution in [3.63, 3.8) is 0 Å². The number of fused-ring (bicyclic) bond motifs is 1. The van der Waals surface area contributed by atoms with E-state index in [2.05, 4.69) is 5.32 Å². The summed E-state index contributed by atoms with van der Waals surface area (Å²) in [6.45, 7) is 1.49. The highest BCUT2D eigenvalue weighted by Gasteiger charge is 2.44. The first-order chi connectivity index (χ1) is 16.1. The maximum atomic E-state index is 13.3. The van der Waals surface area contributed by atoms with Crippen LogP contribution in [0.3, 0.4) is 0 Å². The van der Waals surface area contributed by atoms with Crippen LogP contribution in [0, 0.1) is 11.8 Å². The average Bonchev–Trinajstić information content (AvgIpc) is 3.43. The monoisotopic (exact) mass is 452 g/mol. The van der Waals surface area contributed by atoms with E-state index in [1.807, 2.05) is 41.3 Å². The minimum absolute atomic E-state index is 0.0818. The van der Waals surface area contributed by atoms with Gasteiger partial charge < -0.3 is 29.2 Å². The molecule has 0 unspecified atom stereocenters. The number of carbonyl (C=O) groups excluding carboxylic acids is 2. The minimum atomic E-state index is -0.371. The van der Waals surface area contributed by atoms with E-state index in [0.29, 0.717) is 42.6 Å². The molecule has 3 aliphatic rings. The van der Waals surface area contributed by atoms with Gasteiger partial charge in [0.05, 0.1) is 20.1 Å². The number of methoxy groups -OCH3 is 2. The van der Waals surface area contributed by atoms with Crippen molar-refractivity contribution < 1.29 is 28.5 Å². The van der Waals surface area contributed by atoms with Gasteiger partial charge in [0.15, 0.2) is 11.5 Å². The van der Waals surface area contributed by atoms with Crippen molar-refractivity contribution in [1.82, 2.24) is 10.2 Å². The summed E-state index contributed by atoms with van der Waals surface area (Å²) in [6, 6.07) is 11.3. The summed E-state index contributed by atoms with van der Waals surface area (Å²) in [6.07, 6.45) is 1.87. The van der Waals surface area contributed by atoms with Crippen LogP contribution in [-0.2, 0) is 16.1 Å². The van der Waals surface area contributed by atoms with Crippen LogP contribution in [0.2, 0.25) is 0 Å². The highest BCUT2D eigenvalue weighted by Crippen LogP contribution is 2.41. The smallest absolute Gasteiger partial charge is 0.231 e. The Morgan fingerprint density at radius 1 is 1.03 bits per heavy atom. The fourth-order valence-electron chi connectivity index (χ4n) is 4.65. The maximum Gasteiger partial charge on any atom is 0.231 e. The summed E-state index contributed by atoms with van der Waals surface area (Å²) in [5.41, 5.74) is 1.84. The normalized spacial score (nSPS) is 21.1. The summed E-state index contributed by atoms with van der Waals surface area (Å²) in [4.78, 5) is 28.0. The second kappa shape index (κ2) is 8.84. The molecule has 2 heterocycles. The summed E-state index contributed by atoms with van der Waals surface area (Å²) in [5, 5.41) is 3.06. The highest BCUT2D eigenvalue weighted by atomic mass is 16.7. The molecule has 0 bridgehead atoms. The molecule has 1 saturated carbocycles. The number of amides is 2. The van der Waals surface area contributed by atoms with Crippen molar-refractivity contribution in [1.29, 1.82) is 0 Å². The lowest BCUT2D eigenvalue weighted by Gasteiger charge is -2.21. The van der Waals surface area contributed by atoms with Gasteiger partial charge in [0.1, 0.15) is 11.5 Å². The van der Waals surface area contributed by atoms with E-state index in [1.54, 1.807) is 14.2 Å². The van der Waals surface area contributed by atoms with Crippen LogP contribution in [-0.4, -0.2) is 50.8 Å². The Bertz CT molecular complexity index is 1070. The molecule has 2 atom stereocenters. The summed E-state index contributed by atoms with van der Waals surface area (Å²) < 4.78 is 21.7. The predicted octanol–water partition coefficient (Wildman–Crippen LogP) is 2.70. The lowest BCUT2D eigenvalue weighted by atomic mass is 9.87. The first-order valence-electron chi connectivity index (χ1n) is 11.2. The lowest BCUT2D eigenvalue weighted by Crippen LogP contribution is -2.35. The Labute approximate surface area is 192 Å². The quantitative estimate of drug-likeness (QED) is 0.695. The summed E-state index contributed by atoms with van der Waals surface area (Å²) in [5.74, 6) is 2.39. The molecule has 2 aliphatic heterocycles. The van der Waals surface area contributed by atoms with Gasteiger partial charge in [0.2, 0.25) is 18.6 Å². The summed E-state index contributed by atoms with van der Waals surface area (Å²) in [7, 11) is 3.21. The number of rotatable bonds is 7. The number of hydrogen-bond acceptors (Lipinski definition) is 6. The van der Waals surface area contributed by atoms with E-state index in [4.69, 9.17) is 18.9 Å². The third kappa shape index (κ3) is 4.29. The van der Waals surface area contributed by atoms with Gasteiger partial charge in [-0.15, -0.1) is 0 Å². The van der Waals surface area contributed by atoms with E-state index in [0.717, 1.165) is 24.0 Å². The maximum absolute atomic E-state index is 13.3. The predicted molar refractivity (Wildman–Crippen MR) is 119 cm³/mol. The van der Waals surface area contributed by atoms with Crippen LogP contribution in [0.1, 0.15) is 29.9 Å². The zero-order valence-corrected chi connectivity index (χ0v) is 18.8. The third-order valence-electron chi connectivity index (χ3n) is 6.64. The second-order valence-electron chi connectivity index (χ2n) is 8.74. The topological polar surface area (TPSA) is 86.3 Å². The second-order valence-corrected chi connectivity index (χ2v) is 8.74. The van der Waals surface area contributed by atoms with Crippen molar-refractivity contribution in [2.24, 2.45) is 11.8 Å². The Morgan fingerprint density at radius 3 is 2.61 bits per heavy atom. The average molecular weight is 453 g/mol. The zero-order chi connectivity index (χ0) is 22.9. The SMILES string of the molecule is COc1ccc([C@H]2CN(C(=O)C3CC3)C[C@H]2C(=O)NCc2ccc3c(c2)OCO3)c(OC)c1. The molecule has 2 aromatic carbocycles. The number of nitrogens with one attached hydrogen (secondary N) is 1. The molecule has 1 N–H and O–H groups in total. The first kappa shape index (κ1) is 21.4. The van der Waals surface area contributed by atoms with E-state index in [9.17, 15) is 9.59 Å². The van der Waals surface area contributed by atoms with Gasteiger partial charge in [-0.2, -0.15) is 0 Å². The van der Waals surface area contributed by atoms with Crippen LogP contribution in [0.5, 0.6) is 23.0 Å². The fourth-order valence-corrected chi connectivity index (χ4v) is 4.65. The summed E-state index contributed by atoms with van der Waals surface area (Å²) >= 11 is 0. The zero-order valence-electron chi connectivity index (χ0n) is 18.8. The molecule has 8 nitrogen and oxygen atoms in total. The number of ether oxygens (including phenoxy) is 4. The molecule has 174 valence electrons. The van der Waals surface area contributed by atoms with Crippen LogP contribution in [0.4, 0.5) is 0 Å². The molecule has 2 aromatic rings. The van der Waals surface area contributed by atoms with Gasteiger partial charge in [-0.3, -0.25) is 9.59 Å². The Hall–Kier alpha value is -3.42. The molecule has 5 rings (SSSR count). The van der Waals surface area contributed by atoms with E-state index >= 15 is 0 Å². The molecular formula is C25H28N2O6. The van der Waals surface area contributed by atoms with Gasteiger partial charge in [0.25, 0.3) is 0 Å². The van der Waals surface area contributed by atoms with Crippen LogP contribution >= 0.6 is 0 Å². The number of nitrogens with zero attached hydrogens (tertiary/aromatic N) is 1. The number of benzene rings is 2. The fraction of sp³-hybridized carbons (Fsp3) is 0.440. The van der Waals surface area contributed by atoms with Crippen LogP contribution in [0.25, 0.3) is 0 Å². The largest absolute Gasteiger partial charge is 0.497 e. The van der Waals surface area contributed by atoms with E-state index in [-0.39, 0.29) is 36.4 Å². The molecule has 2 amide bonds. The van der Waals surface area contributed by atoms with Crippen LogP contribution < -0.4 is 24.3 Å². The Morgan fingerprint density at radius 2 is 1.85 bits per heavy atom. The Balaban J connectivity index is 1.35. The molecule has 0 radical (unpaired) electrons. The van der Waals surface area contributed by atoms with Crippen molar-refractivity contribution in [2.45, 2.75) is 25.3 Å². The highest BCUT2D eigenvalue weighted by molar-refractivity contribution is 5.85. The van der Waals surface area contributed by atoms with Crippen LogP contribution in [0.15, 0.2) is 36.4 Å². The van der Waals surface area contributed by atoms with E-state index < -0.39 is 0 Å². The van der Waals surface area contributed by atoms with Crippen molar-refractivity contribution >= 4 is 11.8 Å². The molecule has 1 saturated heterocycles. The van der Waals surface area contributed by atoms with Gasteiger partial charge in [0, 0.05) is 43.1 Å². The molecular weight excluding hydrogens is 424 g/mol. The number of hydrogen-bond donors (Lipinski definition) is 1. The lowest BCUT2D eigenvalue weighted by molar-refractivity contribution is -0.132. The minimum Gasteiger partial charge on any atom is -0.497 e. The number of likely N-dealkylation sites (tertiary alicyclic amines) is 1. The van der Waals surface area contributed by atoms with E-state index in [1.165, 1.54) is 0 Å². The molecule has 2 fully saturated rings. The molecule has 0 spiro atoms. The third-order valence-corrected chi connectivity index (χ3v) is 6.64. The van der Waals surface area contributed by atoms with Gasteiger partial charge in [-0.25, -0.2) is 0 Å². The van der Waals surface area contributed by atoms with Gasteiger partial charge in [-0.05, 0) is 36.6 Å². The van der Waals surface area contributed by atoms with Crippen molar-refractivity contribution in [3.05, 3.63) is 47.5 Å². The standard InChI is InChI=1S/C25H28N2O6/c1-30-17-6-7-18(22(10-17)31-2)19-12-27(25(29)16-4-5-16)13-20(19)24(28)26-11-15-3-8-21-23(9-15)33-14-32-21/h3,6-10,16,19-20H,4-5,11-14H2,1-2H3,(H,26,28)/t19-,20-/m1/s1. The molecule has 0 aromatic heterocycles. The molecule has 1 aliphatic carbocycles. The van der Waals surface area contributed by atoms with Gasteiger partial charge in [-0.1, -0.05) is 12.1 Å². The molecule has 8 heteroatoms. The number of carbonyl (C=O) groups is 2. The van der Waals surface area contributed by atoms with Crippen molar-refractivity contribution in [3.8, 4) is 23.0 Å². The molecule has 33 heavy (non-hydrogen) atoms. The first-order valence-corrected chi connectivity index (χ1v) is 11.2. The Kier molecular flexibility index (Phi) is 5.74. The van der Waals surface area contributed by atoms with Gasteiger partial charge >= 0.3 is 0 Å².